The van der Waals surface area contributed by atoms with Crippen molar-refractivity contribution in [2.24, 2.45) is 17.8 Å². The Morgan fingerprint density at radius 3 is 1.80 bits per heavy atom. The first kappa shape index (κ1) is 15.0. The molecule has 0 rings (SSSR count). The molecule has 0 aromatic rings. The molecule has 0 aliphatic rings. The van der Waals surface area contributed by atoms with Gasteiger partial charge in [0.2, 0.25) is 0 Å². The van der Waals surface area contributed by atoms with E-state index in [0.717, 1.165) is 24.3 Å². The molecule has 92 valence electrons. The van der Waals surface area contributed by atoms with Gasteiger partial charge in [0.1, 0.15) is 0 Å². The van der Waals surface area contributed by atoms with Crippen LogP contribution in [0.15, 0.2) is 0 Å². The van der Waals surface area contributed by atoms with Crippen molar-refractivity contribution in [3.05, 3.63) is 0 Å². The summed E-state index contributed by atoms with van der Waals surface area (Å²) in [6.45, 7) is 17.3. The second-order valence-corrected chi connectivity index (χ2v) is 6.04. The first-order chi connectivity index (χ1) is 6.81. The lowest BCUT2D eigenvalue weighted by Crippen LogP contribution is -2.40. The summed E-state index contributed by atoms with van der Waals surface area (Å²) in [7, 11) is 0. The third-order valence-corrected chi connectivity index (χ3v) is 3.64. The predicted molar refractivity (Wildman–Crippen MR) is 70.2 cm³/mol. The molecule has 1 N–H and O–H groups in total. The predicted octanol–water partition coefficient (Wildman–Crippen LogP) is 4.08. The Balaban J connectivity index is 4.03. The van der Waals surface area contributed by atoms with Gasteiger partial charge in [-0.2, -0.15) is 0 Å². The van der Waals surface area contributed by atoms with Crippen molar-refractivity contribution < 1.29 is 0 Å². The molecule has 0 saturated heterocycles. The van der Waals surface area contributed by atoms with E-state index in [9.17, 15) is 0 Å². The number of nitrogens with one attached hydrogen (secondary N) is 1. The van der Waals surface area contributed by atoms with E-state index in [0.29, 0.717) is 0 Å². The van der Waals surface area contributed by atoms with Crippen LogP contribution in [0.4, 0.5) is 0 Å². The molecule has 0 bridgehead atoms. The number of rotatable bonds is 6. The van der Waals surface area contributed by atoms with E-state index in [1.165, 1.54) is 12.8 Å². The Morgan fingerprint density at radius 1 is 1.00 bits per heavy atom. The third-order valence-electron chi connectivity index (χ3n) is 3.64. The summed E-state index contributed by atoms with van der Waals surface area (Å²) in [6.07, 6.45) is 2.63. The van der Waals surface area contributed by atoms with Crippen LogP contribution < -0.4 is 5.32 Å². The molecule has 0 amide bonds. The molecule has 0 saturated carbocycles. The Morgan fingerprint density at radius 2 is 1.47 bits per heavy atom. The molecule has 0 aliphatic heterocycles. The van der Waals surface area contributed by atoms with Gasteiger partial charge in [-0.15, -0.1) is 0 Å². The van der Waals surface area contributed by atoms with Crippen LogP contribution in [0, 0.1) is 17.8 Å². The van der Waals surface area contributed by atoms with Crippen LogP contribution in [0.3, 0.4) is 0 Å². The summed E-state index contributed by atoms with van der Waals surface area (Å²) >= 11 is 0. The molecular formula is C14H31N. The molecule has 1 nitrogen and oxygen atoms in total. The molecule has 1 heteroatoms. The zero-order chi connectivity index (χ0) is 12.1. The second-order valence-electron chi connectivity index (χ2n) is 6.04. The SMILES string of the molecule is CCC(CC)C(C)C(C)CNC(C)(C)C. The van der Waals surface area contributed by atoms with Crippen molar-refractivity contribution in [1.29, 1.82) is 0 Å². The molecule has 2 unspecified atom stereocenters. The fourth-order valence-corrected chi connectivity index (χ4v) is 2.15. The summed E-state index contributed by atoms with van der Waals surface area (Å²) in [5, 5.41) is 3.61. The van der Waals surface area contributed by atoms with E-state index in [-0.39, 0.29) is 5.54 Å². The van der Waals surface area contributed by atoms with Crippen LogP contribution >= 0.6 is 0 Å². The molecule has 0 aliphatic carbocycles. The number of hydrogen-bond acceptors (Lipinski definition) is 1. The Hall–Kier alpha value is -0.0400. The van der Waals surface area contributed by atoms with Gasteiger partial charge < -0.3 is 5.32 Å². The topological polar surface area (TPSA) is 12.0 Å². The van der Waals surface area contributed by atoms with Crippen molar-refractivity contribution in [3.63, 3.8) is 0 Å². The highest BCUT2D eigenvalue weighted by Gasteiger charge is 2.21. The van der Waals surface area contributed by atoms with E-state index >= 15 is 0 Å². The Labute approximate surface area is 97.0 Å². The first-order valence-corrected chi connectivity index (χ1v) is 6.56. The highest BCUT2D eigenvalue weighted by atomic mass is 14.9. The van der Waals surface area contributed by atoms with Gasteiger partial charge in [0, 0.05) is 5.54 Å². The van der Waals surface area contributed by atoms with E-state index < -0.39 is 0 Å². The fourth-order valence-electron chi connectivity index (χ4n) is 2.15. The molecule has 2 atom stereocenters. The van der Waals surface area contributed by atoms with Gasteiger partial charge >= 0.3 is 0 Å². The van der Waals surface area contributed by atoms with Crippen molar-refractivity contribution in [2.45, 2.75) is 66.8 Å². The highest BCUT2D eigenvalue weighted by molar-refractivity contribution is 4.76. The fraction of sp³-hybridized carbons (Fsp3) is 1.00. The second kappa shape index (κ2) is 6.52. The molecule has 0 spiro atoms. The van der Waals surface area contributed by atoms with Crippen LogP contribution in [-0.4, -0.2) is 12.1 Å². The lowest BCUT2D eigenvalue weighted by molar-refractivity contribution is 0.229. The van der Waals surface area contributed by atoms with Crippen molar-refractivity contribution in [1.82, 2.24) is 5.32 Å². The molecule has 0 fully saturated rings. The molecular weight excluding hydrogens is 182 g/mol. The van der Waals surface area contributed by atoms with Gasteiger partial charge in [-0.1, -0.05) is 40.5 Å². The van der Waals surface area contributed by atoms with E-state index in [4.69, 9.17) is 0 Å². The minimum Gasteiger partial charge on any atom is -0.312 e. The van der Waals surface area contributed by atoms with Gasteiger partial charge in [-0.3, -0.25) is 0 Å². The standard InChI is InChI=1S/C14H31N/c1-8-13(9-2)12(4)11(3)10-15-14(5,6)7/h11-13,15H,8-10H2,1-7H3. The lowest BCUT2D eigenvalue weighted by atomic mass is 9.80. The normalized spacial score (nSPS) is 16.8. The number of hydrogen-bond donors (Lipinski definition) is 1. The molecule has 0 aromatic carbocycles. The van der Waals surface area contributed by atoms with Crippen molar-refractivity contribution >= 4 is 0 Å². The molecule has 0 heterocycles. The maximum absolute atomic E-state index is 3.61. The van der Waals surface area contributed by atoms with Crippen LogP contribution in [-0.2, 0) is 0 Å². The van der Waals surface area contributed by atoms with Crippen LogP contribution in [0.2, 0.25) is 0 Å². The minimum atomic E-state index is 0.252. The maximum atomic E-state index is 3.61. The average molecular weight is 213 g/mol. The van der Waals surface area contributed by atoms with Gasteiger partial charge in [-0.25, -0.2) is 0 Å². The molecule has 0 radical (unpaired) electrons. The van der Waals surface area contributed by atoms with Gasteiger partial charge in [0.05, 0.1) is 0 Å². The van der Waals surface area contributed by atoms with Gasteiger partial charge in [-0.05, 0) is 45.1 Å². The van der Waals surface area contributed by atoms with Crippen molar-refractivity contribution in [2.75, 3.05) is 6.54 Å². The smallest absolute Gasteiger partial charge is 0.00966 e. The van der Waals surface area contributed by atoms with Crippen molar-refractivity contribution in [3.8, 4) is 0 Å². The lowest BCUT2D eigenvalue weighted by Gasteiger charge is -2.30. The Bertz CT molecular complexity index is 153. The molecule has 15 heavy (non-hydrogen) atoms. The summed E-state index contributed by atoms with van der Waals surface area (Å²) in [5.41, 5.74) is 0.252. The van der Waals surface area contributed by atoms with Gasteiger partial charge in [0.25, 0.3) is 0 Å². The largest absolute Gasteiger partial charge is 0.312 e. The summed E-state index contributed by atoms with van der Waals surface area (Å²) < 4.78 is 0. The van der Waals surface area contributed by atoms with Crippen LogP contribution in [0.25, 0.3) is 0 Å². The monoisotopic (exact) mass is 213 g/mol. The summed E-state index contributed by atoms with van der Waals surface area (Å²) in [5.74, 6) is 2.49. The quantitative estimate of drug-likeness (QED) is 0.701. The summed E-state index contributed by atoms with van der Waals surface area (Å²) in [6, 6.07) is 0. The van der Waals surface area contributed by atoms with Crippen LogP contribution in [0.5, 0.6) is 0 Å². The first-order valence-electron chi connectivity index (χ1n) is 6.56. The van der Waals surface area contributed by atoms with Crippen LogP contribution in [0.1, 0.15) is 61.3 Å². The average Bonchev–Trinajstić information content (AvgIpc) is 2.14. The minimum absolute atomic E-state index is 0.252. The zero-order valence-electron chi connectivity index (χ0n) is 11.9. The van der Waals surface area contributed by atoms with Gasteiger partial charge in [0.15, 0.2) is 0 Å². The highest BCUT2D eigenvalue weighted by Crippen LogP contribution is 2.26. The maximum Gasteiger partial charge on any atom is 0.00966 e. The third kappa shape index (κ3) is 6.19. The van der Waals surface area contributed by atoms with E-state index in [1.807, 2.05) is 0 Å². The van der Waals surface area contributed by atoms with E-state index in [2.05, 4.69) is 53.8 Å². The van der Waals surface area contributed by atoms with E-state index in [1.54, 1.807) is 0 Å². The zero-order valence-corrected chi connectivity index (χ0v) is 11.9. The molecule has 0 aromatic heterocycles. The summed E-state index contributed by atoms with van der Waals surface area (Å²) in [4.78, 5) is 0. The Kier molecular flexibility index (Phi) is 6.51.